The van der Waals surface area contributed by atoms with E-state index in [9.17, 15) is 0 Å². The lowest BCUT2D eigenvalue weighted by atomic mass is 10.0. The molecule has 2 aromatic carbocycles. The summed E-state index contributed by atoms with van der Waals surface area (Å²) in [5.41, 5.74) is 10.4. The molecule has 0 saturated carbocycles. The molecule has 0 aliphatic heterocycles. The van der Waals surface area contributed by atoms with E-state index in [2.05, 4.69) is 4.37 Å². The molecule has 124 valence electrons. The predicted molar refractivity (Wildman–Crippen MR) is 97.1 cm³/mol. The largest absolute Gasteiger partial charge is 0.493 e. The minimum absolute atomic E-state index is 0.563. The lowest BCUT2D eigenvalue weighted by Crippen LogP contribution is -1.96. The molecule has 3 rings (SSSR count). The van der Waals surface area contributed by atoms with Gasteiger partial charge in [-0.25, -0.2) is 0 Å². The van der Waals surface area contributed by atoms with Crippen molar-refractivity contribution in [3.8, 4) is 39.6 Å². The van der Waals surface area contributed by atoms with Crippen LogP contribution in [0.2, 0.25) is 0 Å². The molecule has 3 aromatic rings. The van der Waals surface area contributed by atoms with Gasteiger partial charge in [-0.15, -0.1) is 0 Å². The number of nitrogen functional groups attached to an aromatic ring is 1. The van der Waals surface area contributed by atoms with Gasteiger partial charge in [0.25, 0.3) is 0 Å². The fraction of sp³-hybridized carbons (Fsp3) is 0.167. The summed E-state index contributed by atoms with van der Waals surface area (Å²) in [7, 11) is 4.79. The van der Waals surface area contributed by atoms with Gasteiger partial charge in [0.2, 0.25) is 5.75 Å². The lowest BCUT2D eigenvalue weighted by molar-refractivity contribution is 0.324. The summed E-state index contributed by atoms with van der Waals surface area (Å²) < 4.78 is 20.8. The molecule has 0 bridgehead atoms. The van der Waals surface area contributed by atoms with Gasteiger partial charge < -0.3 is 19.9 Å². The summed E-state index contributed by atoms with van der Waals surface area (Å²) >= 11 is 1.40. The van der Waals surface area contributed by atoms with Crippen LogP contribution in [0.25, 0.3) is 22.4 Å². The van der Waals surface area contributed by atoms with E-state index in [-0.39, 0.29) is 0 Å². The van der Waals surface area contributed by atoms with Crippen LogP contribution in [-0.4, -0.2) is 25.7 Å². The van der Waals surface area contributed by atoms with Gasteiger partial charge in [0.15, 0.2) is 11.5 Å². The Balaban J connectivity index is 2.14. The molecule has 0 aliphatic rings. The molecular formula is C18H18N2O3S. The minimum Gasteiger partial charge on any atom is -0.493 e. The molecule has 0 unspecified atom stereocenters. The Morgan fingerprint density at radius 3 is 2.04 bits per heavy atom. The van der Waals surface area contributed by atoms with E-state index in [0.717, 1.165) is 28.1 Å². The van der Waals surface area contributed by atoms with Gasteiger partial charge in [-0.3, -0.25) is 0 Å². The zero-order valence-corrected chi connectivity index (χ0v) is 14.5. The molecule has 1 heterocycles. The molecule has 1 aromatic heterocycles. The fourth-order valence-electron chi connectivity index (χ4n) is 2.53. The minimum atomic E-state index is 0.563. The molecule has 0 atom stereocenters. The number of methoxy groups -OCH3 is 3. The molecule has 0 amide bonds. The smallest absolute Gasteiger partial charge is 0.203 e. The third-order valence-corrected chi connectivity index (χ3v) is 4.36. The number of rotatable bonds is 5. The normalized spacial score (nSPS) is 10.5. The number of ether oxygens (including phenoxy) is 3. The molecule has 0 radical (unpaired) electrons. The quantitative estimate of drug-likeness (QED) is 0.708. The zero-order valence-electron chi connectivity index (χ0n) is 13.7. The lowest BCUT2D eigenvalue weighted by Gasteiger charge is -2.14. The highest BCUT2D eigenvalue weighted by molar-refractivity contribution is 7.04. The Kier molecular flexibility index (Phi) is 4.57. The molecule has 0 fully saturated rings. The van der Waals surface area contributed by atoms with Crippen molar-refractivity contribution in [1.82, 2.24) is 4.37 Å². The van der Waals surface area contributed by atoms with Crippen molar-refractivity contribution in [2.45, 2.75) is 0 Å². The molecule has 5 nitrogen and oxygen atoms in total. The van der Waals surface area contributed by atoms with E-state index in [1.54, 1.807) is 21.3 Å². The van der Waals surface area contributed by atoms with Crippen molar-refractivity contribution in [2.75, 3.05) is 27.1 Å². The van der Waals surface area contributed by atoms with Gasteiger partial charge in [-0.2, -0.15) is 4.37 Å². The Hall–Kier alpha value is -2.73. The van der Waals surface area contributed by atoms with Crippen LogP contribution >= 0.6 is 11.5 Å². The second-order valence-electron chi connectivity index (χ2n) is 5.11. The Morgan fingerprint density at radius 2 is 1.50 bits per heavy atom. The molecular weight excluding hydrogens is 324 g/mol. The summed E-state index contributed by atoms with van der Waals surface area (Å²) in [5, 5.41) is 2.02. The van der Waals surface area contributed by atoms with Crippen LogP contribution in [-0.2, 0) is 0 Å². The third-order valence-electron chi connectivity index (χ3n) is 3.73. The van der Waals surface area contributed by atoms with Gasteiger partial charge in [0.05, 0.1) is 27.0 Å². The highest BCUT2D eigenvalue weighted by Crippen LogP contribution is 2.43. The molecule has 24 heavy (non-hydrogen) atoms. The van der Waals surface area contributed by atoms with Crippen molar-refractivity contribution >= 4 is 17.2 Å². The number of hydrogen-bond donors (Lipinski definition) is 1. The van der Waals surface area contributed by atoms with E-state index < -0.39 is 0 Å². The van der Waals surface area contributed by atoms with Crippen molar-refractivity contribution in [2.24, 2.45) is 0 Å². The summed E-state index contributed by atoms with van der Waals surface area (Å²) in [6.45, 7) is 0. The van der Waals surface area contributed by atoms with E-state index in [4.69, 9.17) is 19.9 Å². The van der Waals surface area contributed by atoms with Gasteiger partial charge in [0.1, 0.15) is 0 Å². The van der Waals surface area contributed by atoms with Crippen molar-refractivity contribution < 1.29 is 14.2 Å². The number of hydrogen-bond acceptors (Lipinski definition) is 6. The van der Waals surface area contributed by atoms with Crippen LogP contribution in [0.3, 0.4) is 0 Å². The number of anilines is 1. The van der Waals surface area contributed by atoms with Crippen LogP contribution in [0.1, 0.15) is 0 Å². The highest BCUT2D eigenvalue weighted by Gasteiger charge is 2.18. The summed E-state index contributed by atoms with van der Waals surface area (Å²) in [5.74, 6) is 1.76. The van der Waals surface area contributed by atoms with E-state index in [1.165, 1.54) is 11.5 Å². The number of nitrogens with two attached hydrogens (primary N) is 1. The third kappa shape index (κ3) is 2.88. The Labute approximate surface area is 144 Å². The van der Waals surface area contributed by atoms with Crippen LogP contribution in [0.15, 0.2) is 41.8 Å². The van der Waals surface area contributed by atoms with Gasteiger partial charge >= 0.3 is 0 Å². The maximum atomic E-state index is 5.78. The van der Waals surface area contributed by atoms with Crippen molar-refractivity contribution in [3.05, 3.63) is 41.8 Å². The van der Waals surface area contributed by atoms with Gasteiger partial charge in [-0.05, 0) is 41.4 Å². The first kappa shape index (κ1) is 16.1. The van der Waals surface area contributed by atoms with Gasteiger partial charge in [-0.1, -0.05) is 12.1 Å². The molecule has 0 spiro atoms. The number of nitrogens with zero attached hydrogens (tertiary/aromatic N) is 1. The predicted octanol–water partition coefficient (Wildman–Crippen LogP) is 4.09. The first-order valence-electron chi connectivity index (χ1n) is 7.28. The van der Waals surface area contributed by atoms with Crippen LogP contribution < -0.4 is 19.9 Å². The molecule has 0 aliphatic carbocycles. The highest BCUT2D eigenvalue weighted by atomic mass is 32.1. The molecule has 2 N–H and O–H groups in total. The second-order valence-corrected chi connectivity index (χ2v) is 5.74. The van der Waals surface area contributed by atoms with Crippen molar-refractivity contribution in [3.63, 3.8) is 0 Å². The first-order chi connectivity index (χ1) is 11.7. The SMILES string of the molecule is COc1cc(-c2nscc2-c2ccc(N)cc2)cc(OC)c1OC. The Bertz CT molecular complexity index is 819. The first-order valence-corrected chi connectivity index (χ1v) is 8.12. The van der Waals surface area contributed by atoms with E-state index >= 15 is 0 Å². The van der Waals surface area contributed by atoms with Gasteiger partial charge in [0, 0.05) is 22.2 Å². The number of aromatic nitrogens is 1. The van der Waals surface area contributed by atoms with E-state index in [1.807, 2.05) is 41.8 Å². The zero-order chi connectivity index (χ0) is 17.1. The molecule has 6 heteroatoms. The number of benzene rings is 2. The summed E-state index contributed by atoms with van der Waals surface area (Å²) in [6, 6.07) is 11.5. The second kappa shape index (κ2) is 6.80. The standard InChI is InChI=1S/C18H18N2O3S/c1-21-15-8-12(9-16(22-2)18(15)23-3)17-14(10-24-20-17)11-4-6-13(19)7-5-11/h4-10H,19H2,1-3H3. The molecule has 0 saturated heterocycles. The summed E-state index contributed by atoms with van der Waals surface area (Å²) in [6.07, 6.45) is 0. The average Bonchev–Trinajstić information content (AvgIpc) is 3.10. The van der Waals surface area contributed by atoms with Crippen LogP contribution in [0, 0.1) is 0 Å². The van der Waals surface area contributed by atoms with Crippen LogP contribution in [0.5, 0.6) is 17.2 Å². The summed E-state index contributed by atoms with van der Waals surface area (Å²) in [4.78, 5) is 0. The van der Waals surface area contributed by atoms with Crippen LogP contribution in [0.4, 0.5) is 5.69 Å². The fourth-order valence-corrected chi connectivity index (χ4v) is 3.25. The topological polar surface area (TPSA) is 66.6 Å². The average molecular weight is 342 g/mol. The maximum absolute atomic E-state index is 5.78. The van der Waals surface area contributed by atoms with Crippen molar-refractivity contribution in [1.29, 1.82) is 0 Å². The van der Waals surface area contributed by atoms with E-state index in [0.29, 0.717) is 17.2 Å². The monoisotopic (exact) mass is 342 g/mol. The Morgan fingerprint density at radius 1 is 0.875 bits per heavy atom. The maximum Gasteiger partial charge on any atom is 0.203 e.